The number of anilines is 1. The van der Waals surface area contributed by atoms with Gasteiger partial charge in [0.1, 0.15) is 29.7 Å². The van der Waals surface area contributed by atoms with Gasteiger partial charge in [-0.05, 0) is 25.5 Å². The van der Waals surface area contributed by atoms with Gasteiger partial charge in [0.25, 0.3) is 0 Å². The second kappa shape index (κ2) is 6.38. The molecule has 2 aromatic rings. The molecule has 0 fully saturated rings. The van der Waals surface area contributed by atoms with Crippen molar-refractivity contribution in [3.8, 4) is 5.75 Å². The molecular formula is C14H16ClN3O. The van der Waals surface area contributed by atoms with Crippen molar-refractivity contribution in [3.05, 3.63) is 46.9 Å². The maximum Gasteiger partial charge on any atom is 0.134 e. The van der Waals surface area contributed by atoms with Gasteiger partial charge in [0.15, 0.2) is 0 Å². The molecule has 1 N–H and O–H groups in total. The van der Waals surface area contributed by atoms with Crippen molar-refractivity contribution >= 4 is 17.4 Å². The Balaban J connectivity index is 1.81. The fraction of sp³-hybridized carbons (Fsp3) is 0.286. The lowest BCUT2D eigenvalue weighted by molar-refractivity contribution is 0.330. The summed E-state index contributed by atoms with van der Waals surface area (Å²) in [7, 11) is 0. The summed E-state index contributed by atoms with van der Waals surface area (Å²) in [6.07, 6.45) is 1.43. The first kappa shape index (κ1) is 13.6. The first-order chi connectivity index (χ1) is 9.15. The average Bonchev–Trinajstić information content (AvgIpc) is 2.37. The zero-order valence-corrected chi connectivity index (χ0v) is 11.7. The van der Waals surface area contributed by atoms with E-state index in [1.165, 1.54) is 11.9 Å². The molecule has 0 amide bonds. The molecular weight excluding hydrogens is 262 g/mol. The Kier molecular flexibility index (Phi) is 4.58. The van der Waals surface area contributed by atoms with Crippen LogP contribution >= 0.6 is 11.6 Å². The summed E-state index contributed by atoms with van der Waals surface area (Å²) in [5, 5.41) is 3.55. The second-order valence-corrected chi connectivity index (χ2v) is 4.66. The van der Waals surface area contributed by atoms with Crippen molar-refractivity contribution in [1.29, 1.82) is 0 Å². The minimum atomic E-state index is 0.424. The highest BCUT2D eigenvalue weighted by Gasteiger charge is 2.00. The first-order valence-corrected chi connectivity index (χ1v) is 6.44. The molecule has 0 spiro atoms. The number of aryl methyl sites for hydroxylation is 2. The minimum Gasteiger partial charge on any atom is -0.491 e. The van der Waals surface area contributed by atoms with E-state index in [-0.39, 0.29) is 0 Å². The Bertz CT molecular complexity index is 560. The van der Waals surface area contributed by atoms with E-state index in [0.29, 0.717) is 24.1 Å². The van der Waals surface area contributed by atoms with Crippen LogP contribution in [0.3, 0.4) is 0 Å². The molecule has 100 valence electrons. The minimum absolute atomic E-state index is 0.424. The Hall–Kier alpha value is -1.81. The maximum atomic E-state index is 5.77. The van der Waals surface area contributed by atoms with Crippen LogP contribution < -0.4 is 10.1 Å². The molecule has 0 atom stereocenters. The molecule has 1 aromatic carbocycles. The lowest BCUT2D eigenvalue weighted by Crippen LogP contribution is -2.12. The van der Waals surface area contributed by atoms with Crippen molar-refractivity contribution in [2.75, 3.05) is 18.5 Å². The topological polar surface area (TPSA) is 47.0 Å². The predicted octanol–water partition coefficient (Wildman–Crippen LogP) is 3.24. The van der Waals surface area contributed by atoms with Crippen LogP contribution in [0, 0.1) is 13.8 Å². The maximum absolute atomic E-state index is 5.77. The first-order valence-electron chi connectivity index (χ1n) is 6.06. The Labute approximate surface area is 117 Å². The van der Waals surface area contributed by atoms with Gasteiger partial charge in [-0.25, -0.2) is 9.97 Å². The van der Waals surface area contributed by atoms with Gasteiger partial charge in [-0.3, -0.25) is 0 Å². The molecule has 0 saturated heterocycles. The van der Waals surface area contributed by atoms with Crippen LogP contribution in [0.1, 0.15) is 11.1 Å². The van der Waals surface area contributed by atoms with Crippen molar-refractivity contribution < 1.29 is 4.74 Å². The monoisotopic (exact) mass is 277 g/mol. The number of hydrogen-bond donors (Lipinski definition) is 1. The lowest BCUT2D eigenvalue weighted by atomic mass is 10.1. The number of hydrogen-bond acceptors (Lipinski definition) is 4. The summed E-state index contributed by atoms with van der Waals surface area (Å²) in [5.41, 5.74) is 2.38. The van der Waals surface area contributed by atoms with Gasteiger partial charge in [-0.1, -0.05) is 29.3 Å². The van der Waals surface area contributed by atoms with Crippen LogP contribution in [0.5, 0.6) is 5.75 Å². The van der Waals surface area contributed by atoms with Crippen molar-refractivity contribution in [2.45, 2.75) is 13.8 Å². The Morgan fingerprint density at radius 3 is 2.79 bits per heavy atom. The molecule has 1 aromatic heterocycles. The van der Waals surface area contributed by atoms with E-state index in [1.54, 1.807) is 6.07 Å². The summed E-state index contributed by atoms with van der Waals surface area (Å²) in [6.45, 7) is 5.32. The zero-order valence-electron chi connectivity index (χ0n) is 11.0. The van der Waals surface area contributed by atoms with Crippen molar-refractivity contribution in [1.82, 2.24) is 9.97 Å². The standard InChI is InChI=1S/C14H16ClN3O/c1-10-3-4-12(11(2)7-10)19-6-5-16-14-8-13(15)17-9-18-14/h3-4,7-9H,5-6H2,1-2H3,(H,16,17,18). The van der Waals surface area contributed by atoms with Crippen LogP contribution in [0.25, 0.3) is 0 Å². The molecule has 0 radical (unpaired) electrons. The van der Waals surface area contributed by atoms with Crippen LogP contribution in [-0.4, -0.2) is 23.1 Å². The molecule has 0 unspecified atom stereocenters. The molecule has 0 aliphatic carbocycles. The fourth-order valence-electron chi connectivity index (χ4n) is 1.73. The molecule has 0 aliphatic heterocycles. The molecule has 0 bridgehead atoms. The summed E-state index contributed by atoms with van der Waals surface area (Å²) < 4.78 is 5.70. The molecule has 1 heterocycles. The van der Waals surface area contributed by atoms with Crippen molar-refractivity contribution in [3.63, 3.8) is 0 Å². The van der Waals surface area contributed by atoms with Gasteiger partial charge in [-0.2, -0.15) is 0 Å². The summed E-state index contributed by atoms with van der Waals surface area (Å²) >= 11 is 5.77. The van der Waals surface area contributed by atoms with E-state index < -0.39 is 0 Å². The summed E-state index contributed by atoms with van der Waals surface area (Å²) in [5.74, 6) is 1.61. The number of nitrogens with zero attached hydrogens (tertiary/aromatic N) is 2. The van der Waals surface area contributed by atoms with Crippen molar-refractivity contribution in [2.24, 2.45) is 0 Å². The molecule has 2 rings (SSSR count). The van der Waals surface area contributed by atoms with Crippen LogP contribution in [0.4, 0.5) is 5.82 Å². The number of benzene rings is 1. The zero-order chi connectivity index (χ0) is 13.7. The van der Waals surface area contributed by atoms with E-state index in [1.807, 2.05) is 19.1 Å². The quantitative estimate of drug-likeness (QED) is 0.673. The van der Waals surface area contributed by atoms with Gasteiger partial charge in [0.05, 0.1) is 6.54 Å². The highest BCUT2D eigenvalue weighted by molar-refractivity contribution is 6.29. The number of halogens is 1. The van der Waals surface area contributed by atoms with E-state index in [9.17, 15) is 0 Å². The van der Waals surface area contributed by atoms with Gasteiger partial charge < -0.3 is 10.1 Å². The summed E-state index contributed by atoms with van der Waals surface area (Å²) in [6, 6.07) is 7.82. The largest absolute Gasteiger partial charge is 0.491 e. The normalized spacial score (nSPS) is 10.3. The van der Waals surface area contributed by atoms with Crippen LogP contribution in [0.15, 0.2) is 30.6 Å². The lowest BCUT2D eigenvalue weighted by Gasteiger charge is -2.10. The summed E-state index contributed by atoms with van der Waals surface area (Å²) in [4.78, 5) is 7.87. The highest BCUT2D eigenvalue weighted by Crippen LogP contribution is 2.18. The molecule has 4 nitrogen and oxygen atoms in total. The Morgan fingerprint density at radius 1 is 1.21 bits per heavy atom. The van der Waals surface area contributed by atoms with Crippen LogP contribution in [0.2, 0.25) is 5.15 Å². The number of nitrogens with one attached hydrogen (secondary N) is 1. The van der Waals surface area contributed by atoms with Crippen LogP contribution in [-0.2, 0) is 0 Å². The SMILES string of the molecule is Cc1ccc(OCCNc2cc(Cl)ncn2)c(C)c1. The number of aromatic nitrogens is 2. The van der Waals surface area contributed by atoms with Gasteiger partial charge in [0, 0.05) is 6.07 Å². The van der Waals surface area contributed by atoms with Gasteiger partial charge >= 0.3 is 0 Å². The molecule has 19 heavy (non-hydrogen) atoms. The van der Waals surface area contributed by atoms with E-state index >= 15 is 0 Å². The highest BCUT2D eigenvalue weighted by atomic mass is 35.5. The van der Waals surface area contributed by atoms with Gasteiger partial charge in [-0.15, -0.1) is 0 Å². The van der Waals surface area contributed by atoms with E-state index in [2.05, 4.69) is 28.3 Å². The number of ether oxygens (including phenoxy) is 1. The second-order valence-electron chi connectivity index (χ2n) is 4.27. The van der Waals surface area contributed by atoms with E-state index in [0.717, 1.165) is 11.3 Å². The Morgan fingerprint density at radius 2 is 2.05 bits per heavy atom. The average molecular weight is 278 g/mol. The molecule has 0 saturated carbocycles. The van der Waals surface area contributed by atoms with E-state index in [4.69, 9.17) is 16.3 Å². The smallest absolute Gasteiger partial charge is 0.134 e. The number of rotatable bonds is 5. The molecule has 0 aliphatic rings. The third kappa shape index (κ3) is 4.10. The fourth-order valence-corrected chi connectivity index (χ4v) is 1.88. The third-order valence-corrected chi connectivity index (χ3v) is 2.84. The molecule has 5 heteroatoms. The third-order valence-electron chi connectivity index (χ3n) is 2.63. The predicted molar refractivity (Wildman–Crippen MR) is 76.9 cm³/mol. The van der Waals surface area contributed by atoms with Gasteiger partial charge in [0.2, 0.25) is 0 Å².